The zero-order valence-electron chi connectivity index (χ0n) is 5.89. The molecule has 0 fully saturated rings. The predicted molar refractivity (Wildman–Crippen MR) is 41.5 cm³/mol. The number of allylic oxidation sites excluding steroid dienone is 1. The van der Waals surface area contributed by atoms with Crippen molar-refractivity contribution in [1.82, 2.24) is 0 Å². The van der Waals surface area contributed by atoms with Gasteiger partial charge in [-0.1, -0.05) is 18.7 Å². The maximum absolute atomic E-state index is 5.45. The SMILES string of the molecule is C=C/C(=C\C)C(N)=NC. The number of nitrogens with two attached hydrogens (primary N) is 1. The third-order valence-corrected chi connectivity index (χ3v) is 1.07. The first-order valence-corrected chi connectivity index (χ1v) is 2.77. The van der Waals surface area contributed by atoms with Crippen molar-refractivity contribution in [2.75, 3.05) is 7.05 Å². The van der Waals surface area contributed by atoms with Gasteiger partial charge in [-0.3, -0.25) is 4.99 Å². The van der Waals surface area contributed by atoms with Crippen molar-refractivity contribution in [1.29, 1.82) is 0 Å². The van der Waals surface area contributed by atoms with Gasteiger partial charge in [0.1, 0.15) is 5.84 Å². The van der Waals surface area contributed by atoms with E-state index in [0.29, 0.717) is 5.84 Å². The van der Waals surface area contributed by atoms with Crippen LogP contribution in [0.1, 0.15) is 6.92 Å². The highest BCUT2D eigenvalue weighted by Gasteiger charge is 1.91. The Hall–Kier alpha value is -1.05. The second-order valence-corrected chi connectivity index (χ2v) is 1.56. The number of hydrogen-bond acceptors (Lipinski definition) is 1. The number of amidine groups is 1. The van der Waals surface area contributed by atoms with Crippen molar-refractivity contribution < 1.29 is 0 Å². The van der Waals surface area contributed by atoms with Crippen molar-refractivity contribution in [3.05, 3.63) is 24.3 Å². The molecule has 2 heteroatoms. The van der Waals surface area contributed by atoms with Crippen LogP contribution < -0.4 is 5.73 Å². The first-order valence-electron chi connectivity index (χ1n) is 2.77. The Kier molecular flexibility index (Phi) is 3.44. The van der Waals surface area contributed by atoms with E-state index in [0.717, 1.165) is 5.57 Å². The fraction of sp³-hybridized carbons (Fsp3) is 0.286. The third kappa shape index (κ3) is 2.13. The molecule has 0 aromatic carbocycles. The summed E-state index contributed by atoms with van der Waals surface area (Å²) in [6.45, 7) is 5.47. The largest absolute Gasteiger partial charge is 0.384 e. The van der Waals surface area contributed by atoms with Gasteiger partial charge in [0.25, 0.3) is 0 Å². The van der Waals surface area contributed by atoms with Crippen LogP contribution in [0.25, 0.3) is 0 Å². The molecule has 0 radical (unpaired) electrons. The van der Waals surface area contributed by atoms with Crippen LogP contribution in [0.2, 0.25) is 0 Å². The zero-order chi connectivity index (χ0) is 7.28. The summed E-state index contributed by atoms with van der Waals surface area (Å²) >= 11 is 0. The molecule has 0 aliphatic carbocycles. The van der Waals surface area contributed by atoms with E-state index in [1.54, 1.807) is 13.1 Å². The summed E-state index contributed by atoms with van der Waals surface area (Å²) in [5.74, 6) is 0.535. The molecule has 2 N–H and O–H groups in total. The summed E-state index contributed by atoms with van der Waals surface area (Å²) in [6.07, 6.45) is 3.55. The normalized spacial score (nSPS) is 13.6. The van der Waals surface area contributed by atoms with Gasteiger partial charge in [-0.2, -0.15) is 0 Å². The number of nitrogens with zero attached hydrogens (tertiary/aromatic N) is 1. The summed E-state index contributed by atoms with van der Waals surface area (Å²) in [6, 6.07) is 0. The lowest BCUT2D eigenvalue weighted by Gasteiger charge is -1.95. The Morgan fingerprint density at radius 1 is 1.67 bits per heavy atom. The standard InChI is InChI=1S/C7H12N2/c1-4-6(5-2)7(8)9-3/h4-5H,1H2,2-3H3,(H2,8,9)/b6-5+. The van der Waals surface area contributed by atoms with E-state index in [1.165, 1.54) is 0 Å². The van der Waals surface area contributed by atoms with Crippen LogP contribution in [0.15, 0.2) is 29.3 Å². The second kappa shape index (κ2) is 3.89. The molecule has 0 aliphatic rings. The first kappa shape index (κ1) is 7.95. The molecule has 0 heterocycles. The lowest BCUT2D eigenvalue weighted by Crippen LogP contribution is -2.12. The van der Waals surface area contributed by atoms with Crippen molar-refractivity contribution in [3.8, 4) is 0 Å². The van der Waals surface area contributed by atoms with Crippen LogP contribution in [-0.4, -0.2) is 12.9 Å². The second-order valence-electron chi connectivity index (χ2n) is 1.56. The van der Waals surface area contributed by atoms with Crippen LogP contribution in [0.4, 0.5) is 0 Å². The lowest BCUT2D eigenvalue weighted by atomic mass is 10.2. The molecule has 0 atom stereocenters. The van der Waals surface area contributed by atoms with Gasteiger partial charge < -0.3 is 5.73 Å². The highest BCUT2D eigenvalue weighted by molar-refractivity contribution is 5.99. The Labute approximate surface area is 55.8 Å². The lowest BCUT2D eigenvalue weighted by molar-refractivity contribution is 1.39. The summed E-state index contributed by atoms with van der Waals surface area (Å²) < 4.78 is 0. The summed E-state index contributed by atoms with van der Waals surface area (Å²) in [5.41, 5.74) is 6.34. The first-order chi connectivity index (χ1) is 4.26. The van der Waals surface area contributed by atoms with Crippen LogP contribution in [0.3, 0.4) is 0 Å². The molecule has 0 aliphatic heterocycles. The van der Waals surface area contributed by atoms with Crippen molar-refractivity contribution in [3.63, 3.8) is 0 Å². The van der Waals surface area contributed by atoms with Gasteiger partial charge >= 0.3 is 0 Å². The fourth-order valence-electron chi connectivity index (χ4n) is 0.499. The molecule has 50 valence electrons. The van der Waals surface area contributed by atoms with Crippen LogP contribution in [0.5, 0.6) is 0 Å². The molecule has 0 rings (SSSR count). The zero-order valence-corrected chi connectivity index (χ0v) is 5.89. The molecule has 2 nitrogen and oxygen atoms in total. The van der Waals surface area contributed by atoms with Gasteiger partial charge in [0.05, 0.1) is 0 Å². The van der Waals surface area contributed by atoms with E-state index >= 15 is 0 Å². The van der Waals surface area contributed by atoms with Gasteiger partial charge in [-0.15, -0.1) is 0 Å². The molecular weight excluding hydrogens is 112 g/mol. The molecular formula is C7H12N2. The molecule has 0 unspecified atom stereocenters. The van der Waals surface area contributed by atoms with E-state index in [1.807, 2.05) is 13.0 Å². The maximum atomic E-state index is 5.45. The van der Waals surface area contributed by atoms with Gasteiger partial charge in [0.2, 0.25) is 0 Å². The van der Waals surface area contributed by atoms with E-state index < -0.39 is 0 Å². The van der Waals surface area contributed by atoms with Gasteiger partial charge in [0.15, 0.2) is 0 Å². The smallest absolute Gasteiger partial charge is 0.124 e. The van der Waals surface area contributed by atoms with Crippen molar-refractivity contribution >= 4 is 5.84 Å². The molecule has 0 saturated heterocycles. The third-order valence-electron chi connectivity index (χ3n) is 1.07. The van der Waals surface area contributed by atoms with E-state index in [9.17, 15) is 0 Å². The van der Waals surface area contributed by atoms with Gasteiger partial charge in [0, 0.05) is 12.6 Å². The Morgan fingerprint density at radius 2 is 2.22 bits per heavy atom. The topological polar surface area (TPSA) is 38.4 Å². The van der Waals surface area contributed by atoms with E-state index in [4.69, 9.17) is 5.73 Å². The molecule has 0 bridgehead atoms. The quantitative estimate of drug-likeness (QED) is 0.334. The van der Waals surface area contributed by atoms with E-state index in [2.05, 4.69) is 11.6 Å². The Bertz CT molecular complexity index is 154. The van der Waals surface area contributed by atoms with Crippen LogP contribution in [0, 0.1) is 0 Å². The van der Waals surface area contributed by atoms with Gasteiger partial charge in [-0.25, -0.2) is 0 Å². The number of aliphatic imine (C=N–C) groups is 1. The maximum Gasteiger partial charge on any atom is 0.124 e. The average molecular weight is 124 g/mol. The summed E-state index contributed by atoms with van der Waals surface area (Å²) in [7, 11) is 1.66. The monoisotopic (exact) mass is 124 g/mol. The number of rotatable bonds is 2. The molecule has 0 spiro atoms. The molecule has 0 aromatic heterocycles. The molecule has 0 amide bonds. The highest BCUT2D eigenvalue weighted by Crippen LogP contribution is 1.93. The van der Waals surface area contributed by atoms with Gasteiger partial charge in [-0.05, 0) is 6.92 Å². The predicted octanol–water partition coefficient (Wildman–Crippen LogP) is 1.11. The van der Waals surface area contributed by atoms with Crippen molar-refractivity contribution in [2.24, 2.45) is 10.7 Å². The van der Waals surface area contributed by atoms with Crippen LogP contribution >= 0.6 is 0 Å². The minimum atomic E-state index is 0.535. The van der Waals surface area contributed by atoms with E-state index in [-0.39, 0.29) is 0 Å². The average Bonchev–Trinajstić information content (AvgIpc) is 1.90. The van der Waals surface area contributed by atoms with Crippen LogP contribution in [-0.2, 0) is 0 Å². The minimum Gasteiger partial charge on any atom is -0.384 e. The molecule has 0 aromatic rings. The fourth-order valence-corrected chi connectivity index (χ4v) is 0.499. The molecule has 9 heavy (non-hydrogen) atoms. The highest BCUT2D eigenvalue weighted by atomic mass is 14.8. The summed E-state index contributed by atoms with van der Waals surface area (Å²) in [4.78, 5) is 3.79. The Balaban J connectivity index is 4.32. The summed E-state index contributed by atoms with van der Waals surface area (Å²) in [5, 5.41) is 0. The van der Waals surface area contributed by atoms with Crippen molar-refractivity contribution in [2.45, 2.75) is 6.92 Å². The number of hydrogen-bond donors (Lipinski definition) is 1. The molecule has 0 saturated carbocycles. The minimum absolute atomic E-state index is 0.535. The Morgan fingerprint density at radius 3 is 2.33 bits per heavy atom.